The van der Waals surface area contributed by atoms with Crippen molar-refractivity contribution in [1.29, 1.82) is 0 Å². The van der Waals surface area contributed by atoms with Gasteiger partial charge in [-0.25, -0.2) is 14.4 Å². The molecule has 0 spiro atoms. The molecule has 0 radical (unpaired) electrons. The topological polar surface area (TPSA) is 97.8 Å². The lowest BCUT2D eigenvalue weighted by molar-refractivity contribution is 0.0658. The predicted octanol–water partition coefficient (Wildman–Crippen LogP) is 2.77. The van der Waals surface area contributed by atoms with E-state index in [-0.39, 0.29) is 17.6 Å². The maximum Gasteiger partial charge on any atom is 0.258 e. The standard InChI is InChI=1S/C23H28F2N6O2/c1-14-12-31(27-2)19(28-22(14)29-10-8-15(26)13-29)11-16-5-3-4-9-30(16)23(33)17-6-7-18(24)20(25)21(17)32/h6-7,11-12,15-16,32H,2-5,8-10,13,26H2,1H3/b19-11-/t15-,16?/m0/s1. The van der Waals surface area contributed by atoms with Crippen molar-refractivity contribution in [3.8, 4) is 5.75 Å². The minimum absolute atomic E-state index is 0.0960. The highest BCUT2D eigenvalue weighted by Gasteiger charge is 2.31. The number of carbonyl (C=O) groups is 1. The van der Waals surface area contributed by atoms with Crippen LogP contribution in [-0.4, -0.2) is 70.1 Å². The highest BCUT2D eigenvalue weighted by molar-refractivity contribution is 5.99. The molecule has 3 heterocycles. The van der Waals surface area contributed by atoms with Gasteiger partial charge in [0, 0.05) is 44.2 Å². The number of phenols is 1. The number of rotatable bonds is 3. The first-order valence-corrected chi connectivity index (χ1v) is 11.0. The van der Waals surface area contributed by atoms with Gasteiger partial charge in [0.25, 0.3) is 5.91 Å². The molecule has 0 aromatic heterocycles. The Balaban J connectivity index is 1.66. The van der Waals surface area contributed by atoms with Crippen LogP contribution in [0, 0.1) is 11.6 Å². The van der Waals surface area contributed by atoms with Crippen molar-refractivity contribution in [1.82, 2.24) is 14.8 Å². The van der Waals surface area contributed by atoms with Crippen LogP contribution in [0.3, 0.4) is 0 Å². The Labute approximate surface area is 191 Å². The summed E-state index contributed by atoms with van der Waals surface area (Å²) in [7, 11) is 0. The number of hydrogen-bond donors (Lipinski definition) is 2. The zero-order valence-corrected chi connectivity index (χ0v) is 18.5. The van der Waals surface area contributed by atoms with Crippen LogP contribution in [0.1, 0.15) is 43.0 Å². The molecule has 2 saturated heterocycles. The van der Waals surface area contributed by atoms with E-state index in [9.17, 15) is 18.7 Å². The molecular formula is C23H28F2N6O2. The number of aromatic hydroxyl groups is 1. The molecule has 176 valence electrons. The maximum absolute atomic E-state index is 13.9. The third-order valence-corrected chi connectivity index (χ3v) is 6.25. The summed E-state index contributed by atoms with van der Waals surface area (Å²) in [6.07, 6.45) is 6.86. The number of aliphatic imine (C=N–C) groups is 1. The Hall–Kier alpha value is -3.27. The molecule has 3 N–H and O–H groups in total. The second kappa shape index (κ2) is 9.30. The second-order valence-corrected chi connectivity index (χ2v) is 8.57. The molecule has 33 heavy (non-hydrogen) atoms. The number of halogens is 2. The normalized spacial score (nSPS) is 24.7. The predicted molar refractivity (Wildman–Crippen MR) is 122 cm³/mol. The molecule has 1 amide bonds. The van der Waals surface area contributed by atoms with Crippen LogP contribution in [0.25, 0.3) is 0 Å². The fourth-order valence-electron chi connectivity index (χ4n) is 4.50. The monoisotopic (exact) mass is 458 g/mol. The SMILES string of the molecule is C=NN1C=C(C)C(N2CC[C@H](N)C2)=N/C1=C/C1CCCCN1C(=O)c1ccc(F)c(F)c1O. The van der Waals surface area contributed by atoms with Crippen molar-refractivity contribution in [3.05, 3.63) is 53.0 Å². The van der Waals surface area contributed by atoms with Crippen LogP contribution in [-0.2, 0) is 0 Å². The highest BCUT2D eigenvalue weighted by atomic mass is 19.2. The van der Waals surface area contributed by atoms with Gasteiger partial charge in [0.1, 0.15) is 5.84 Å². The van der Waals surface area contributed by atoms with Crippen molar-refractivity contribution < 1.29 is 18.7 Å². The number of piperidine rings is 1. The summed E-state index contributed by atoms with van der Waals surface area (Å²) in [5, 5.41) is 15.6. The largest absolute Gasteiger partial charge is 0.504 e. The maximum atomic E-state index is 13.9. The van der Waals surface area contributed by atoms with Gasteiger partial charge in [-0.3, -0.25) is 4.79 Å². The number of amides is 1. The number of phenolic OH excluding ortho intramolecular Hbond substituents is 1. The first kappa shape index (κ1) is 22.9. The second-order valence-electron chi connectivity index (χ2n) is 8.57. The Morgan fingerprint density at radius 2 is 2.09 bits per heavy atom. The molecular weight excluding hydrogens is 430 g/mol. The van der Waals surface area contributed by atoms with Gasteiger partial charge in [0.05, 0.1) is 11.6 Å². The summed E-state index contributed by atoms with van der Waals surface area (Å²) in [6.45, 7) is 7.51. The number of amidine groups is 1. The molecule has 2 fully saturated rings. The average Bonchev–Trinajstić information content (AvgIpc) is 3.24. The van der Waals surface area contributed by atoms with E-state index < -0.39 is 23.3 Å². The number of benzene rings is 1. The minimum atomic E-state index is -1.43. The molecule has 1 aromatic carbocycles. The van der Waals surface area contributed by atoms with E-state index in [0.717, 1.165) is 49.3 Å². The smallest absolute Gasteiger partial charge is 0.258 e. The summed E-state index contributed by atoms with van der Waals surface area (Å²) in [4.78, 5) is 21.7. The molecule has 10 heteroatoms. The van der Waals surface area contributed by atoms with E-state index in [1.165, 1.54) is 0 Å². The Morgan fingerprint density at radius 3 is 2.79 bits per heavy atom. The van der Waals surface area contributed by atoms with Crippen molar-refractivity contribution in [2.24, 2.45) is 15.8 Å². The Bertz CT molecular complexity index is 1050. The molecule has 0 aliphatic carbocycles. The first-order chi connectivity index (χ1) is 15.8. The third-order valence-electron chi connectivity index (χ3n) is 6.25. The summed E-state index contributed by atoms with van der Waals surface area (Å²) in [6, 6.07) is 1.68. The van der Waals surface area contributed by atoms with E-state index >= 15 is 0 Å². The molecule has 0 saturated carbocycles. The number of hydrogen-bond acceptors (Lipinski definition) is 7. The van der Waals surface area contributed by atoms with Gasteiger partial charge in [-0.15, -0.1) is 0 Å². The number of hydrazone groups is 1. The summed E-state index contributed by atoms with van der Waals surface area (Å²) < 4.78 is 27.3. The molecule has 3 aliphatic heterocycles. The van der Waals surface area contributed by atoms with Gasteiger partial charge in [-0.05, 0) is 50.8 Å². The molecule has 8 nitrogen and oxygen atoms in total. The van der Waals surface area contributed by atoms with Crippen LogP contribution in [0.4, 0.5) is 8.78 Å². The highest BCUT2D eigenvalue weighted by Crippen LogP contribution is 2.30. The van der Waals surface area contributed by atoms with Crippen LogP contribution in [0.2, 0.25) is 0 Å². The van der Waals surface area contributed by atoms with Gasteiger partial charge in [-0.1, -0.05) is 0 Å². The molecule has 2 atom stereocenters. The summed E-state index contributed by atoms with van der Waals surface area (Å²) >= 11 is 0. The van der Waals surface area contributed by atoms with Crippen LogP contribution >= 0.6 is 0 Å². The van der Waals surface area contributed by atoms with Crippen molar-refractivity contribution in [3.63, 3.8) is 0 Å². The number of likely N-dealkylation sites (tertiary alicyclic amines) is 2. The molecule has 0 bridgehead atoms. The fraction of sp³-hybridized carbons (Fsp3) is 0.435. The molecule has 3 aliphatic rings. The minimum Gasteiger partial charge on any atom is -0.504 e. The summed E-state index contributed by atoms with van der Waals surface area (Å²) in [5.41, 5.74) is 6.73. The van der Waals surface area contributed by atoms with Gasteiger partial charge in [0.2, 0.25) is 5.82 Å². The number of nitrogens with two attached hydrogens (primary N) is 1. The van der Waals surface area contributed by atoms with Gasteiger partial charge in [-0.2, -0.15) is 9.49 Å². The van der Waals surface area contributed by atoms with E-state index in [1.54, 1.807) is 9.91 Å². The summed E-state index contributed by atoms with van der Waals surface area (Å²) in [5.74, 6) is -2.86. The number of nitrogens with zero attached hydrogens (tertiary/aromatic N) is 5. The lowest BCUT2D eigenvalue weighted by Crippen LogP contribution is -2.43. The zero-order valence-electron chi connectivity index (χ0n) is 18.5. The Morgan fingerprint density at radius 1 is 1.30 bits per heavy atom. The Kier molecular flexibility index (Phi) is 6.46. The lowest BCUT2D eigenvalue weighted by atomic mass is 9.99. The van der Waals surface area contributed by atoms with Crippen LogP contribution < -0.4 is 5.73 Å². The lowest BCUT2D eigenvalue weighted by Gasteiger charge is -2.35. The van der Waals surface area contributed by atoms with E-state index in [1.807, 2.05) is 19.2 Å². The molecule has 1 unspecified atom stereocenters. The first-order valence-electron chi connectivity index (χ1n) is 11.0. The van der Waals surface area contributed by atoms with Gasteiger partial charge < -0.3 is 20.6 Å². The average molecular weight is 459 g/mol. The van der Waals surface area contributed by atoms with E-state index in [4.69, 9.17) is 10.7 Å². The van der Waals surface area contributed by atoms with Crippen molar-refractivity contribution >= 4 is 18.5 Å². The quantitative estimate of drug-likeness (QED) is 0.679. The molecule has 1 aromatic rings. The third kappa shape index (κ3) is 4.47. The van der Waals surface area contributed by atoms with Crippen LogP contribution in [0.15, 0.2) is 45.9 Å². The van der Waals surface area contributed by atoms with Crippen LogP contribution in [0.5, 0.6) is 5.75 Å². The van der Waals surface area contributed by atoms with Gasteiger partial charge in [0.15, 0.2) is 17.4 Å². The number of carbonyl (C=O) groups excluding carboxylic acids is 1. The van der Waals surface area contributed by atoms with E-state index in [2.05, 4.69) is 16.7 Å². The fourth-order valence-corrected chi connectivity index (χ4v) is 4.50. The molecule has 4 rings (SSSR count). The van der Waals surface area contributed by atoms with Crippen molar-refractivity contribution in [2.75, 3.05) is 19.6 Å². The van der Waals surface area contributed by atoms with Crippen molar-refractivity contribution in [2.45, 2.75) is 44.7 Å². The zero-order chi connectivity index (χ0) is 23.7. The van der Waals surface area contributed by atoms with E-state index in [0.29, 0.717) is 25.3 Å². The van der Waals surface area contributed by atoms with Gasteiger partial charge >= 0.3 is 0 Å².